The van der Waals surface area contributed by atoms with Gasteiger partial charge >= 0.3 is 12.3 Å². The molecule has 8 nitrogen and oxygen atoms in total. The van der Waals surface area contributed by atoms with Crippen molar-refractivity contribution in [1.29, 1.82) is 0 Å². The van der Waals surface area contributed by atoms with Crippen molar-refractivity contribution >= 4 is 17.3 Å². The molecule has 0 saturated carbocycles. The standard InChI is InChI=1S/C14H13F3N4O4/c1-8-11(21(23)24)7-20(19-8)5-4-13(22)18-10-3-2-9(15)6-12(10)25-14(16)17/h2-3,6-7,14H,4-5H2,1H3,(H,18,22). The fraction of sp³-hybridized carbons (Fsp3) is 0.286. The Hall–Kier alpha value is -3.11. The molecule has 134 valence electrons. The summed E-state index contributed by atoms with van der Waals surface area (Å²) in [7, 11) is 0. The van der Waals surface area contributed by atoms with E-state index in [0.29, 0.717) is 0 Å². The average molecular weight is 358 g/mol. The highest BCUT2D eigenvalue weighted by Gasteiger charge is 2.17. The summed E-state index contributed by atoms with van der Waals surface area (Å²) in [5, 5.41) is 17.0. The lowest BCUT2D eigenvalue weighted by atomic mass is 10.2. The molecule has 1 aromatic carbocycles. The van der Waals surface area contributed by atoms with Crippen LogP contribution in [-0.4, -0.2) is 27.2 Å². The van der Waals surface area contributed by atoms with Gasteiger partial charge in [-0.3, -0.25) is 19.6 Å². The van der Waals surface area contributed by atoms with Gasteiger partial charge in [0.05, 0.1) is 10.6 Å². The van der Waals surface area contributed by atoms with Gasteiger partial charge in [0, 0.05) is 19.0 Å². The molecule has 0 aliphatic carbocycles. The van der Waals surface area contributed by atoms with Crippen LogP contribution in [0.4, 0.5) is 24.5 Å². The van der Waals surface area contributed by atoms with Gasteiger partial charge in [0.2, 0.25) is 5.91 Å². The second-order valence-electron chi connectivity index (χ2n) is 4.94. The molecule has 0 atom stereocenters. The molecule has 1 aromatic heterocycles. The van der Waals surface area contributed by atoms with Gasteiger partial charge in [0.1, 0.15) is 17.7 Å². The van der Waals surface area contributed by atoms with E-state index in [9.17, 15) is 28.1 Å². The van der Waals surface area contributed by atoms with Crippen LogP contribution in [0.5, 0.6) is 5.75 Å². The largest absolute Gasteiger partial charge is 0.432 e. The van der Waals surface area contributed by atoms with Crippen LogP contribution in [0.1, 0.15) is 12.1 Å². The number of benzene rings is 1. The first-order chi connectivity index (χ1) is 11.8. The summed E-state index contributed by atoms with van der Waals surface area (Å²) in [4.78, 5) is 22.1. The maximum absolute atomic E-state index is 13.1. The van der Waals surface area contributed by atoms with E-state index in [-0.39, 0.29) is 30.0 Å². The van der Waals surface area contributed by atoms with Gasteiger partial charge in [-0.2, -0.15) is 13.9 Å². The third-order valence-electron chi connectivity index (χ3n) is 3.12. The summed E-state index contributed by atoms with van der Waals surface area (Å²) >= 11 is 0. The Balaban J connectivity index is 2.01. The maximum Gasteiger partial charge on any atom is 0.387 e. The molecule has 1 amide bonds. The predicted molar refractivity (Wildman–Crippen MR) is 79.9 cm³/mol. The summed E-state index contributed by atoms with van der Waals surface area (Å²) in [6.45, 7) is -1.68. The van der Waals surface area contributed by atoms with E-state index in [1.165, 1.54) is 17.8 Å². The molecular formula is C14H13F3N4O4. The Morgan fingerprint density at radius 2 is 2.20 bits per heavy atom. The Morgan fingerprint density at radius 1 is 1.48 bits per heavy atom. The number of nitrogens with one attached hydrogen (secondary N) is 1. The number of aryl methyl sites for hydroxylation is 2. The van der Waals surface area contributed by atoms with Crippen molar-refractivity contribution in [2.45, 2.75) is 26.5 Å². The minimum Gasteiger partial charge on any atom is -0.432 e. The first-order valence-electron chi connectivity index (χ1n) is 6.99. The molecule has 0 radical (unpaired) electrons. The lowest BCUT2D eigenvalue weighted by Crippen LogP contribution is -2.16. The van der Waals surface area contributed by atoms with Gasteiger partial charge in [-0.15, -0.1) is 0 Å². The molecule has 0 aliphatic heterocycles. The van der Waals surface area contributed by atoms with Crippen molar-refractivity contribution in [2.24, 2.45) is 0 Å². The summed E-state index contributed by atoms with van der Waals surface area (Å²) in [5.74, 6) is -1.89. The predicted octanol–water partition coefficient (Wildman–Crippen LogP) is 2.87. The number of hydrogen-bond donors (Lipinski definition) is 1. The van der Waals surface area contributed by atoms with Crippen molar-refractivity contribution in [1.82, 2.24) is 9.78 Å². The zero-order chi connectivity index (χ0) is 18.6. The maximum atomic E-state index is 13.1. The van der Waals surface area contributed by atoms with Gasteiger partial charge in [0.15, 0.2) is 5.75 Å². The molecule has 2 aromatic rings. The van der Waals surface area contributed by atoms with Gasteiger partial charge in [-0.1, -0.05) is 0 Å². The topological polar surface area (TPSA) is 99.3 Å². The SMILES string of the molecule is Cc1nn(CCC(=O)Nc2ccc(F)cc2OC(F)F)cc1[N+](=O)[O-]. The van der Waals surface area contributed by atoms with Crippen LogP contribution in [0.25, 0.3) is 0 Å². The molecule has 0 bridgehead atoms. The van der Waals surface area contributed by atoms with E-state index < -0.39 is 29.0 Å². The highest BCUT2D eigenvalue weighted by atomic mass is 19.3. The molecule has 1 N–H and O–H groups in total. The second kappa shape index (κ2) is 7.64. The van der Waals surface area contributed by atoms with Gasteiger partial charge in [0.25, 0.3) is 0 Å². The summed E-state index contributed by atoms with van der Waals surface area (Å²) < 4.78 is 43.1. The minimum atomic E-state index is -3.18. The van der Waals surface area contributed by atoms with E-state index >= 15 is 0 Å². The Morgan fingerprint density at radius 3 is 2.80 bits per heavy atom. The van der Waals surface area contributed by atoms with E-state index in [1.807, 2.05) is 0 Å². The van der Waals surface area contributed by atoms with Crippen molar-refractivity contribution < 1.29 is 27.6 Å². The van der Waals surface area contributed by atoms with Gasteiger partial charge in [-0.25, -0.2) is 4.39 Å². The van der Waals surface area contributed by atoms with Crippen LogP contribution in [0, 0.1) is 22.9 Å². The van der Waals surface area contributed by atoms with Gasteiger partial charge in [-0.05, 0) is 19.1 Å². The van der Waals surface area contributed by atoms with E-state index in [4.69, 9.17) is 0 Å². The van der Waals surface area contributed by atoms with Crippen molar-refractivity contribution in [3.8, 4) is 5.75 Å². The first-order valence-corrected chi connectivity index (χ1v) is 6.99. The van der Waals surface area contributed by atoms with Gasteiger partial charge < -0.3 is 10.1 Å². The molecule has 0 unspecified atom stereocenters. The fourth-order valence-corrected chi connectivity index (χ4v) is 2.02. The molecule has 1 heterocycles. The molecule has 0 aliphatic rings. The molecule has 0 spiro atoms. The molecule has 0 fully saturated rings. The number of rotatable bonds is 7. The number of nitrogens with zero attached hydrogens (tertiary/aromatic N) is 3. The number of halogens is 3. The smallest absolute Gasteiger partial charge is 0.387 e. The van der Waals surface area contributed by atoms with E-state index in [0.717, 1.165) is 18.2 Å². The van der Waals surface area contributed by atoms with Crippen molar-refractivity contribution in [3.05, 3.63) is 46.0 Å². The van der Waals surface area contributed by atoms with Crippen LogP contribution in [0.15, 0.2) is 24.4 Å². The summed E-state index contributed by atoms with van der Waals surface area (Å²) in [6, 6.07) is 2.80. The number of ether oxygens (including phenoxy) is 1. The molecule has 2 rings (SSSR count). The van der Waals surface area contributed by atoms with E-state index in [2.05, 4.69) is 15.2 Å². The number of hydrogen-bond acceptors (Lipinski definition) is 5. The normalized spacial score (nSPS) is 10.8. The lowest BCUT2D eigenvalue weighted by Gasteiger charge is -2.12. The molecular weight excluding hydrogens is 345 g/mol. The van der Waals surface area contributed by atoms with E-state index in [1.54, 1.807) is 0 Å². The number of carbonyl (C=O) groups excluding carboxylic acids is 1. The van der Waals surface area contributed by atoms with Crippen LogP contribution in [0.2, 0.25) is 0 Å². The second-order valence-corrected chi connectivity index (χ2v) is 4.94. The molecule has 25 heavy (non-hydrogen) atoms. The number of nitro groups is 1. The zero-order valence-corrected chi connectivity index (χ0v) is 12.9. The average Bonchev–Trinajstić information content (AvgIpc) is 2.89. The Bertz CT molecular complexity index is 794. The van der Waals surface area contributed by atoms with Crippen LogP contribution in [0.3, 0.4) is 0 Å². The highest BCUT2D eigenvalue weighted by Crippen LogP contribution is 2.27. The monoisotopic (exact) mass is 358 g/mol. The number of amides is 1. The fourth-order valence-electron chi connectivity index (χ4n) is 2.02. The Labute approximate surface area is 139 Å². The number of aromatic nitrogens is 2. The van der Waals surface area contributed by atoms with Crippen LogP contribution < -0.4 is 10.1 Å². The highest BCUT2D eigenvalue weighted by molar-refractivity contribution is 5.92. The van der Waals surface area contributed by atoms with Crippen LogP contribution >= 0.6 is 0 Å². The Kier molecular flexibility index (Phi) is 5.57. The first kappa shape index (κ1) is 18.2. The van der Waals surface area contributed by atoms with Crippen molar-refractivity contribution in [2.75, 3.05) is 5.32 Å². The number of carbonyl (C=O) groups is 1. The summed E-state index contributed by atoms with van der Waals surface area (Å²) in [6.07, 6.45) is 1.05. The quantitative estimate of drug-likeness (QED) is 0.606. The third-order valence-corrected chi connectivity index (χ3v) is 3.12. The number of anilines is 1. The minimum absolute atomic E-state index is 0.0345. The lowest BCUT2D eigenvalue weighted by molar-refractivity contribution is -0.385. The molecule has 11 heteroatoms. The third kappa shape index (κ3) is 4.93. The van der Waals surface area contributed by atoms with Crippen LogP contribution in [-0.2, 0) is 11.3 Å². The zero-order valence-electron chi connectivity index (χ0n) is 12.9. The number of alkyl halides is 2. The van der Waals surface area contributed by atoms with Crippen molar-refractivity contribution in [3.63, 3.8) is 0 Å². The summed E-state index contributed by atoms with van der Waals surface area (Å²) in [5.41, 5.74) is -0.0857. The molecule has 0 saturated heterocycles.